The van der Waals surface area contributed by atoms with E-state index in [2.05, 4.69) is 26.3 Å². The zero-order valence-electron chi connectivity index (χ0n) is 11.5. The van der Waals surface area contributed by atoms with E-state index in [0.29, 0.717) is 11.7 Å². The third-order valence-corrected chi connectivity index (χ3v) is 3.65. The van der Waals surface area contributed by atoms with Gasteiger partial charge in [0.15, 0.2) is 0 Å². The number of pyridine rings is 1. The first-order valence-corrected chi connectivity index (χ1v) is 7.04. The molecule has 1 saturated carbocycles. The highest BCUT2D eigenvalue weighted by Crippen LogP contribution is 2.39. The molecule has 5 heteroatoms. The number of anilines is 3. The smallest absolute Gasteiger partial charge is 0.136 e. The summed E-state index contributed by atoms with van der Waals surface area (Å²) in [6, 6.07) is 9.84. The van der Waals surface area contributed by atoms with E-state index in [-0.39, 0.29) is 0 Å². The number of nitrogen functional groups attached to an aromatic ring is 1. The molecule has 2 aromatic heterocycles. The van der Waals surface area contributed by atoms with Gasteiger partial charge in [0.2, 0.25) is 0 Å². The van der Waals surface area contributed by atoms with Crippen LogP contribution in [0.4, 0.5) is 17.3 Å². The average molecular weight is 277 g/mol. The number of nitrogens with zero attached hydrogens (tertiary/aromatic N) is 3. The zero-order chi connectivity index (χ0) is 14.2. The number of rotatable bonds is 3. The summed E-state index contributed by atoms with van der Waals surface area (Å²) in [5.41, 5.74) is 6.86. The number of nitrogens with two attached hydrogens (primary N) is 1. The molecule has 1 fully saturated rings. The molecular formula is C16H15N5. The summed E-state index contributed by atoms with van der Waals surface area (Å²) in [6.45, 7) is 0. The predicted molar refractivity (Wildman–Crippen MR) is 83.4 cm³/mol. The molecule has 0 radical (unpaired) electrons. The zero-order valence-corrected chi connectivity index (χ0v) is 11.5. The van der Waals surface area contributed by atoms with E-state index >= 15 is 0 Å². The van der Waals surface area contributed by atoms with E-state index in [1.807, 2.05) is 24.4 Å². The first kappa shape index (κ1) is 12.1. The first-order valence-electron chi connectivity index (χ1n) is 7.04. The maximum absolute atomic E-state index is 5.89. The van der Waals surface area contributed by atoms with Crippen LogP contribution >= 0.6 is 0 Å². The lowest BCUT2D eigenvalue weighted by Crippen LogP contribution is -2.03. The van der Waals surface area contributed by atoms with Gasteiger partial charge in [0.05, 0.1) is 0 Å². The SMILES string of the molecule is Nc1cc(Nc2cccc3ccncc23)nc(C2CC2)n1. The molecule has 1 aliphatic carbocycles. The molecule has 3 aromatic rings. The van der Waals surface area contributed by atoms with Crippen LogP contribution in [-0.2, 0) is 0 Å². The molecule has 1 aliphatic rings. The van der Waals surface area contributed by atoms with Gasteiger partial charge >= 0.3 is 0 Å². The largest absolute Gasteiger partial charge is 0.384 e. The minimum atomic E-state index is 0.475. The van der Waals surface area contributed by atoms with E-state index in [1.165, 1.54) is 0 Å². The van der Waals surface area contributed by atoms with Gasteiger partial charge in [-0.3, -0.25) is 4.98 Å². The summed E-state index contributed by atoms with van der Waals surface area (Å²) >= 11 is 0. The fourth-order valence-corrected chi connectivity index (χ4v) is 2.43. The maximum atomic E-state index is 5.89. The second kappa shape index (κ2) is 4.70. The van der Waals surface area contributed by atoms with Crippen LogP contribution in [0.1, 0.15) is 24.6 Å². The number of aromatic nitrogens is 3. The van der Waals surface area contributed by atoms with Crippen molar-refractivity contribution in [2.75, 3.05) is 11.1 Å². The van der Waals surface area contributed by atoms with Crippen LogP contribution < -0.4 is 11.1 Å². The van der Waals surface area contributed by atoms with Gasteiger partial charge in [-0.1, -0.05) is 12.1 Å². The Morgan fingerprint density at radius 1 is 1.14 bits per heavy atom. The molecule has 5 nitrogen and oxygen atoms in total. The molecule has 1 aromatic carbocycles. The fraction of sp³-hybridized carbons (Fsp3) is 0.188. The Bertz CT molecular complexity index is 805. The minimum absolute atomic E-state index is 0.475. The van der Waals surface area contributed by atoms with Crippen molar-refractivity contribution in [3.63, 3.8) is 0 Å². The Morgan fingerprint density at radius 3 is 2.90 bits per heavy atom. The minimum Gasteiger partial charge on any atom is -0.384 e. The fourth-order valence-electron chi connectivity index (χ4n) is 2.43. The highest BCUT2D eigenvalue weighted by molar-refractivity contribution is 5.94. The van der Waals surface area contributed by atoms with Crippen molar-refractivity contribution in [2.45, 2.75) is 18.8 Å². The van der Waals surface area contributed by atoms with E-state index in [1.54, 1.807) is 12.3 Å². The van der Waals surface area contributed by atoms with Crippen molar-refractivity contribution >= 4 is 28.1 Å². The number of fused-ring (bicyclic) bond motifs is 1. The molecule has 21 heavy (non-hydrogen) atoms. The summed E-state index contributed by atoms with van der Waals surface area (Å²) in [7, 11) is 0. The van der Waals surface area contributed by atoms with Crippen molar-refractivity contribution in [3.8, 4) is 0 Å². The summed E-state index contributed by atoms with van der Waals surface area (Å²) in [4.78, 5) is 13.1. The topological polar surface area (TPSA) is 76.7 Å². The second-order valence-electron chi connectivity index (χ2n) is 5.34. The third kappa shape index (κ3) is 2.38. The molecule has 0 unspecified atom stereocenters. The molecule has 3 N–H and O–H groups in total. The number of hydrogen-bond donors (Lipinski definition) is 2. The maximum Gasteiger partial charge on any atom is 0.136 e. The van der Waals surface area contributed by atoms with Crippen LogP contribution in [0.5, 0.6) is 0 Å². The van der Waals surface area contributed by atoms with Gasteiger partial charge in [-0.25, -0.2) is 9.97 Å². The number of nitrogens with one attached hydrogen (secondary N) is 1. The van der Waals surface area contributed by atoms with Crippen molar-refractivity contribution in [1.29, 1.82) is 0 Å². The summed E-state index contributed by atoms with van der Waals surface area (Å²) in [6.07, 6.45) is 5.95. The molecule has 0 aliphatic heterocycles. The van der Waals surface area contributed by atoms with Crippen LogP contribution in [0.2, 0.25) is 0 Å². The van der Waals surface area contributed by atoms with Gasteiger partial charge in [0, 0.05) is 35.5 Å². The lowest BCUT2D eigenvalue weighted by Gasteiger charge is -2.10. The number of hydrogen-bond acceptors (Lipinski definition) is 5. The molecule has 0 atom stereocenters. The van der Waals surface area contributed by atoms with Crippen molar-refractivity contribution < 1.29 is 0 Å². The lowest BCUT2D eigenvalue weighted by molar-refractivity contribution is 0.936. The Labute approximate surface area is 122 Å². The predicted octanol–water partition coefficient (Wildman–Crippen LogP) is 3.23. The van der Waals surface area contributed by atoms with Gasteiger partial charge in [0.25, 0.3) is 0 Å². The van der Waals surface area contributed by atoms with Gasteiger partial charge in [-0.05, 0) is 30.4 Å². The Hall–Kier alpha value is -2.69. The van der Waals surface area contributed by atoms with Crippen LogP contribution in [0, 0.1) is 0 Å². The van der Waals surface area contributed by atoms with Crippen LogP contribution in [-0.4, -0.2) is 15.0 Å². The highest BCUT2D eigenvalue weighted by atomic mass is 15.1. The van der Waals surface area contributed by atoms with Gasteiger partial charge in [0.1, 0.15) is 17.5 Å². The molecule has 0 spiro atoms. The first-order chi connectivity index (χ1) is 10.3. The van der Waals surface area contributed by atoms with E-state index in [0.717, 1.165) is 40.9 Å². The standard InChI is InChI=1S/C16H15N5/c17-14-8-15(21-16(20-14)11-4-5-11)19-13-3-1-2-10-6-7-18-9-12(10)13/h1-3,6-9,11H,4-5H2,(H3,17,19,20,21). The Balaban J connectivity index is 1.74. The van der Waals surface area contributed by atoms with Crippen molar-refractivity contribution in [3.05, 3.63) is 48.5 Å². The summed E-state index contributed by atoms with van der Waals surface area (Å²) in [5.74, 6) is 2.56. The van der Waals surface area contributed by atoms with Gasteiger partial charge in [-0.2, -0.15) is 0 Å². The van der Waals surface area contributed by atoms with Crippen LogP contribution in [0.25, 0.3) is 10.8 Å². The van der Waals surface area contributed by atoms with E-state index < -0.39 is 0 Å². The average Bonchev–Trinajstić information content (AvgIpc) is 3.32. The van der Waals surface area contributed by atoms with Crippen molar-refractivity contribution in [1.82, 2.24) is 15.0 Å². The van der Waals surface area contributed by atoms with Gasteiger partial charge in [-0.15, -0.1) is 0 Å². The van der Waals surface area contributed by atoms with E-state index in [4.69, 9.17) is 5.73 Å². The molecule has 0 saturated heterocycles. The molecular weight excluding hydrogens is 262 g/mol. The lowest BCUT2D eigenvalue weighted by atomic mass is 10.1. The molecule has 4 rings (SSSR count). The normalized spacial score (nSPS) is 14.3. The Kier molecular flexibility index (Phi) is 2.70. The molecule has 0 amide bonds. The van der Waals surface area contributed by atoms with Crippen molar-refractivity contribution in [2.24, 2.45) is 0 Å². The van der Waals surface area contributed by atoms with Gasteiger partial charge < -0.3 is 11.1 Å². The van der Waals surface area contributed by atoms with Crippen LogP contribution in [0.15, 0.2) is 42.7 Å². The number of benzene rings is 1. The summed E-state index contributed by atoms with van der Waals surface area (Å²) < 4.78 is 0. The molecule has 2 heterocycles. The third-order valence-electron chi connectivity index (χ3n) is 3.65. The van der Waals surface area contributed by atoms with E-state index in [9.17, 15) is 0 Å². The Morgan fingerprint density at radius 2 is 2.05 bits per heavy atom. The second-order valence-corrected chi connectivity index (χ2v) is 5.34. The molecule has 0 bridgehead atoms. The highest BCUT2D eigenvalue weighted by Gasteiger charge is 2.27. The monoisotopic (exact) mass is 277 g/mol. The van der Waals surface area contributed by atoms with Crippen LogP contribution in [0.3, 0.4) is 0 Å². The quantitative estimate of drug-likeness (QED) is 0.768. The molecule has 104 valence electrons. The summed E-state index contributed by atoms with van der Waals surface area (Å²) in [5, 5.41) is 5.54.